The van der Waals surface area contributed by atoms with Gasteiger partial charge in [-0.25, -0.2) is 4.68 Å². The SMILES string of the molecule is COc1ccc(OC)c(C2CCCN2C(=O)c2ccc(-n3nccc3C)cc2)c1. The average Bonchev–Trinajstić information content (AvgIpc) is 3.42. The molecule has 6 heteroatoms. The molecule has 4 rings (SSSR count). The van der Waals surface area contributed by atoms with Crippen LogP contribution in [0.25, 0.3) is 5.69 Å². The van der Waals surface area contributed by atoms with Gasteiger partial charge in [0, 0.05) is 29.6 Å². The maximum absolute atomic E-state index is 13.3. The molecule has 1 amide bonds. The Morgan fingerprint density at radius 2 is 1.86 bits per heavy atom. The van der Waals surface area contributed by atoms with Crippen LogP contribution in [-0.4, -0.2) is 41.4 Å². The topological polar surface area (TPSA) is 56.6 Å². The van der Waals surface area contributed by atoms with Gasteiger partial charge in [0.2, 0.25) is 0 Å². The second kappa shape index (κ2) is 7.99. The lowest BCUT2D eigenvalue weighted by atomic mass is 10.0. The highest BCUT2D eigenvalue weighted by molar-refractivity contribution is 5.95. The van der Waals surface area contributed by atoms with Crippen LogP contribution in [0.5, 0.6) is 11.5 Å². The molecule has 6 nitrogen and oxygen atoms in total. The summed E-state index contributed by atoms with van der Waals surface area (Å²) in [7, 11) is 3.30. The molecule has 2 aromatic carbocycles. The summed E-state index contributed by atoms with van der Waals surface area (Å²) < 4.78 is 12.8. The van der Waals surface area contributed by atoms with E-state index in [4.69, 9.17) is 9.47 Å². The summed E-state index contributed by atoms with van der Waals surface area (Å²) in [5, 5.41) is 4.32. The van der Waals surface area contributed by atoms with Crippen LogP contribution < -0.4 is 9.47 Å². The van der Waals surface area contributed by atoms with Crippen molar-refractivity contribution in [3.05, 3.63) is 71.5 Å². The second-order valence-electron chi connectivity index (χ2n) is 7.20. The van der Waals surface area contributed by atoms with Gasteiger partial charge in [0.1, 0.15) is 11.5 Å². The lowest BCUT2D eigenvalue weighted by molar-refractivity contribution is 0.0734. The van der Waals surface area contributed by atoms with E-state index in [0.717, 1.165) is 47.8 Å². The van der Waals surface area contributed by atoms with Crippen LogP contribution >= 0.6 is 0 Å². The Hall–Kier alpha value is -3.28. The average molecular weight is 391 g/mol. The van der Waals surface area contributed by atoms with Crippen molar-refractivity contribution < 1.29 is 14.3 Å². The van der Waals surface area contributed by atoms with Gasteiger partial charge in [-0.05, 0) is 68.3 Å². The van der Waals surface area contributed by atoms with Crippen molar-refractivity contribution in [2.75, 3.05) is 20.8 Å². The van der Waals surface area contributed by atoms with E-state index in [2.05, 4.69) is 5.10 Å². The summed E-state index contributed by atoms with van der Waals surface area (Å²) in [6, 6.07) is 15.3. The number of aromatic nitrogens is 2. The van der Waals surface area contributed by atoms with E-state index in [0.29, 0.717) is 5.56 Å². The minimum absolute atomic E-state index is 0.0272. The Kier molecular flexibility index (Phi) is 5.25. The zero-order chi connectivity index (χ0) is 20.4. The van der Waals surface area contributed by atoms with Gasteiger partial charge in [0.15, 0.2) is 0 Å². The molecule has 0 spiro atoms. The molecule has 29 heavy (non-hydrogen) atoms. The Balaban J connectivity index is 1.61. The standard InChI is InChI=1S/C23H25N3O3/c1-16-12-13-24-26(16)18-8-6-17(7-9-18)23(27)25-14-4-5-21(25)20-15-19(28-2)10-11-22(20)29-3/h6-13,15,21H,4-5,14H2,1-3H3. The van der Waals surface area contributed by atoms with Gasteiger partial charge < -0.3 is 14.4 Å². The number of aryl methyl sites for hydroxylation is 1. The molecule has 0 saturated carbocycles. The van der Waals surface area contributed by atoms with Crippen LogP contribution in [0.3, 0.4) is 0 Å². The van der Waals surface area contributed by atoms with Gasteiger partial charge in [-0.3, -0.25) is 4.79 Å². The number of carbonyl (C=O) groups is 1. The third-order valence-electron chi connectivity index (χ3n) is 5.50. The second-order valence-corrected chi connectivity index (χ2v) is 7.20. The molecule has 1 saturated heterocycles. The summed E-state index contributed by atoms with van der Waals surface area (Å²) in [6.07, 6.45) is 3.63. The van der Waals surface area contributed by atoms with Crippen molar-refractivity contribution in [3.63, 3.8) is 0 Å². The fraction of sp³-hybridized carbons (Fsp3) is 0.304. The summed E-state index contributed by atoms with van der Waals surface area (Å²) in [4.78, 5) is 15.2. The van der Waals surface area contributed by atoms with E-state index >= 15 is 0 Å². The van der Waals surface area contributed by atoms with Gasteiger partial charge in [0.25, 0.3) is 5.91 Å². The summed E-state index contributed by atoms with van der Waals surface area (Å²) in [6.45, 7) is 2.73. The van der Waals surface area contributed by atoms with Gasteiger partial charge in [-0.1, -0.05) is 0 Å². The number of carbonyl (C=O) groups excluding carboxylic acids is 1. The number of hydrogen-bond donors (Lipinski definition) is 0. The van der Waals surface area contributed by atoms with Crippen molar-refractivity contribution in [2.45, 2.75) is 25.8 Å². The minimum atomic E-state index is -0.0272. The van der Waals surface area contributed by atoms with Crippen LogP contribution in [-0.2, 0) is 0 Å². The number of hydrogen-bond acceptors (Lipinski definition) is 4. The van der Waals surface area contributed by atoms with E-state index in [1.54, 1.807) is 20.4 Å². The fourth-order valence-corrected chi connectivity index (χ4v) is 3.98. The van der Waals surface area contributed by atoms with E-state index in [-0.39, 0.29) is 11.9 Å². The molecule has 1 aliphatic rings. The van der Waals surface area contributed by atoms with Gasteiger partial charge in [0.05, 0.1) is 25.9 Å². The molecule has 0 aliphatic carbocycles. The third-order valence-corrected chi connectivity index (χ3v) is 5.50. The summed E-state index contributed by atoms with van der Waals surface area (Å²) in [5.41, 5.74) is 3.65. The molecule has 0 bridgehead atoms. The first-order valence-electron chi connectivity index (χ1n) is 9.76. The molecule has 1 aromatic heterocycles. The van der Waals surface area contributed by atoms with E-state index < -0.39 is 0 Å². The highest BCUT2D eigenvalue weighted by Gasteiger charge is 2.32. The zero-order valence-corrected chi connectivity index (χ0v) is 17.0. The number of likely N-dealkylation sites (tertiary alicyclic amines) is 1. The Morgan fingerprint density at radius 3 is 2.52 bits per heavy atom. The predicted octanol–water partition coefficient (Wildman–Crippen LogP) is 4.18. The van der Waals surface area contributed by atoms with Crippen molar-refractivity contribution in [1.82, 2.24) is 14.7 Å². The summed E-state index contributed by atoms with van der Waals surface area (Å²) >= 11 is 0. The molecular weight excluding hydrogens is 366 g/mol. The molecule has 150 valence electrons. The first kappa shape index (κ1) is 19.1. The van der Waals surface area contributed by atoms with Gasteiger partial charge in [-0.2, -0.15) is 5.10 Å². The highest BCUT2D eigenvalue weighted by Crippen LogP contribution is 2.39. The largest absolute Gasteiger partial charge is 0.497 e. The van der Waals surface area contributed by atoms with E-state index in [1.807, 2.05) is 65.0 Å². The van der Waals surface area contributed by atoms with Crippen molar-refractivity contribution in [2.24, 2.45) is 0 Å². The lowest BCUT2D eigenvalue weighted by Gasteiger charge is -2.27. The molecule has 1 atom stereocenters. The minimum Gasteiger partial charge on any atom is -0.497 e. The molecule has 1 unspecified atom stereocenters. The van der Waals surface area contributed by atoms with Gasteiger partial charge in [-0.15, -0.1) is 0 Å². The van der Waals surface area contributed by atoms with E-state index in [9.17, 15) is 4.79 Å². The maximum Gasteiger partial charge on any atom is 0.254 e. The number of ether oxygens (including phenoxy) is 2. The number of amides is 1. The smallest absolute Gasteiger partial charge is 0.254 e. The molecule has 1 fully saturated rings. The number of nitrogens with zero attached hydrogens (tertiary/aromatic N) is 3. The van der Waals surface area contributed by atoms with Crippen molar-refractivity contribution in [1.29, 1.82) is 0 Å². The molecular formula is C23H25N3O3. The predicted molar refractivity (Wildman–Crippen MR) is 111 cm³/mol. The van der Waals surface area contributed by atoms with Crippen LogP contribution in [0.2, 0.25) is 0 Å². The van der Waals surface area contributed by atoms with Gasteiger partial charge >= 0.3 is 0 Å². The van der Waals surface area contributed by atoms with Crippen molar-refractivity contribution in [3.8, 4) is 17.2 Å². The quantitative estimate of drug-likeness (QED) is 0.655. The third kappa shape index (κ3) is 3.58. The first-order chi connectivity index (χ1) is 14.1. The monoisotopic (exact) mass is 391 g/mol. The molecule has 0 radical (unpaired) electrons. The highest BCUT2D eigenvalue weighted by atomic mass is 16.5. The summed E-state index contributed by atoms with van der Waals surface area (Å²) in [5.74, 6) is 1.57. The Morgan fingerprint density at radius 1 is 1.07 bits per heavy atom. The molecule has 0 N–H and O–H groups in total. The molecule has 3 aromatic rings. The van der Waals surface area contributed by atoms with Crippen molar-refractivity contribution >= 4 is 5.91 Å². The molecule has 2 heterocycles. The number of methoxy groups -OCH3 is 2. The Labute approximate surface area is 170 Å². The van der Waals surface area contributed by atoms with Crippen LogP contribution in [0.4, 0.5) is 0 Å². The number of benzene rings is 2. The molecule has 1 aliphatic heterocycles. The first-order valence-corrected chi connectivity index (χ1v) is 9.76. The lowest BCUT2D eigenvalue weighted by Crippen LogP contribution is -2.30. The number of rotatable bonds is 5. The maximum atomic E-state index is 13.3. The fourth-order valence-electron chi connectivity index (χ4n) is 3.98. The van der Waals surface area contributed by atoms with Crippen LogP contribution in [0.15, 0.2) is 54.7 Å². The Bertz CT molecular complexity index is 1010. The van der Waals surface area contributed by atoms with Crippen LogP contribution in [0.1, 0.15) is 40.5 Å². The van der Waals surface area contributed by atoms with E-state index in [1.165, 1.54) is 0 Å². The normalized spacial score (nSPS) is 16.1. The van der Waals surface area contributed by atoms with Crippen LogP contribution in [0, 0.1) is 6.92 Å². The zero-order valence-electron chi connectivity index (χ0n) is 17.0.